The number of benzene rings is 2. The van der Waals surface area contributed by atoms with Gasteiger partial charge in [0.25, 0.3) is 0 Å². The zero-order chi connectivity index (χ0) is 15.0. The number of aryl methyl sites for hydroxylation is 2. The smallest absolute Gasteiger partial charge is 0.194 e. The van der Waals surface area contributed by atoms with Crippen LogP contribution in [0.15, 0.2) is 30.3 Å². The Morgan fingerprint density at radius 1 is 0.952 bits per heavy atom. The lowest BCUT2D eigenvalue weighted by Crippen LogP contribution is -2.14. The van der Waals surface area contributed by atoms with Gasteiger partial charge in [-0.3, -0.25) is 0 Å². The average Bonchev–Trinajstić information content (AvgIpc) is 2.91. The molecule has 0 radical (unpaired) electrons. The molecular weight excluding hydrogens is 275 g/mol. The number of hydrogen-bond acceptors (Lipinski definition) is 1. The van der Waals surface area contributed by atoms with E-state index in [1.807, 2.05) is 6.07 Å². The van der Waals surface area contributed by atoms with E-state index in [9.17, 15) is 13.2 Å². The van der Waals surface area contributed by atoms with Crippen LogP contribution in [0.2, 0.25) is 0 Å². The summed E-state index contributed by atoms with van der Waals surface area (Å²) in [6.07, 6.45) is 3.81. The van der Waals surface area contributed by atoms with Gasteiger partial charge in [0.05, 0.1) is 0 Å². The van der Waals surface area contributed by atoms with Crippen LogP contribution in [0.25, 0.3) is 0 Å². The lowest BCUT2D eigenvalue weighted by atomic mass is 9.97. The van der Waals surface area contributed by atoms with Crippen molar-refractivity contribution in [2.45, 2.75) is 31.7 Å². The van der Waals surface area contributed by atoms with E-state index in [1.54, 1.807) is 0 Å². The molecular formula is C17H16F3N. The third-order valence-electron chi connectivity index (χ3n) is 4.05. The van der Waals surface area contributed by atoms with E-state index in [4.69, 9.17) is 5.73 Å². The van der Waals surface area contributed by atoms with E-state index in [0.717, 1.165) is 30.5 Å². The summed E-state index contributed by atoms with van der Waals surface area (Å²) < 4.78 is 39.5. The molecule has 1 unspecified atom stereocenters. The largest absolute Gasteiger partial charge is 0.324 e. The Kier molecular flexibility index (Phi) is 3.72. The van der Waals surface area contributed by atoms with Gasteiger partial charge >= 0.3 is 0 Å². The van der Waals surface area contributed by atoms with Gasteiger partial charge < -0.3 is 5.73 Å². The van der Waals surface area contributed by atoms with Crippen molar-refractivity contribution in [3.05, 3.63) is 70.0 Å². The van der Waals surface area contributed by atoms with Crippen molar-refractivity contribution >= 4 is 0 Å². The third kappa shape index (κ3) is 2.81. The Labute approximate surface area is 121 Å². The first-order chi connectivity index (χ1) is 10.0. The maximum Gasteiger partial charge on any atom is 0.194 e. The van der Waals surface area contributed by atoms with Gasteiger partial charge in [0, 0.05) is 6.04 Å². The minimum atomic E-state index is -1.46. The fourth-order valence-corrected chi connectivity index (χ4v) is 2.91. The van der Waals surface area contributed by atoms with Crippen LogP contribution < -0.4 is 5.73 Å². The Morgan fingerprint density at radius 2 is 1.62 bits per heavy atom. The zero-order valence-electron chi connectivity index (χ0n) is 11.5. The van der Waals surface area contributed by atoms with Crippen molar-refractivity contribution in [1.29, 1.82) is 0 Å². The Balaban J connectivity index is 1.81. The summed E-state index contributed by atoms with van der Waals surface area (Å²) >= 11 is 0. The molecule has 110 valence electrons. The lowest BCUT2D eigenvalue weighted by molar-refractivity contribution is 0.443. The number of rotatable bonds is 3. The molecule has 1 aliphatic rings. The van der Waals surface area contributed by atoms with Crippen molar-refractivity contribution in [3.8, 4) is 0 Å². The highest BCUT2D eigenvalue weighted by Crippen LogP contribution is 2.26. The Hall–Kier alpha value is -1.81. The van der Waals surface area contributed by atoms with E-state index in [0.29, 0.717) is 6.42 Å². The Bertz CT molecular complexity index is 659. The molecule has 0 aromatic heterocycles. The summed E-state index contributed by atoms with van der Waals surface area (Å²) in [5.74, 6) is -3.85. The third-order valence-corrected chi connectivity index (χ3v) is 4.05. The van der Waals surface area contributed by atoms with Crippen molar-refractivity contribution in [3.63, 3.8) is 0 Å². The van der Waals surface area contributed by atoms with Gasteiger partial charge in [-0.15, -0.1) is 0 Å². The molecule has 2 N–H and O–H groups in total. The minimum Gasteiger partial charge on any atom is -0.324 e. The summed E-state index contributed by atoms with van der Waals surface area (Å²) in [4.78, 5) is 0. The second-order valence-corrected chi connectivity index (χ2v) is 5.57. The van der Waals surface area contributed by atoms with E-state index in [1.165, 1.54) is 17.5 Å². The highest BCUT2D eigenvalue weighted by atomic mass is 19.2. The number of fused-ring (bicyclic) bond motifs is 1. The second-order valence-electron chi connectivity index (χ2n) is 5.57. The summed E-state index contributed by atoms with van der Waals surface area (Å²) in [6, 6.07) is 7.58. The van der Waals surface area contributed by atoms with Gasteiger partial charge in [-0.25, -0.2) is 13.2 Å². The molecule has 21 heavy (non-hydrogen) atoms. The average molecular weight is 291 g/mol. The number of halogens is 3. The molecule has 0 saturated carbocycles. The van der Waals surface area contributed by atoms with E-state index in [-0.39, 0.29) is 5.56 Å². The molecule has 1 atom stereocenters. The van der Waals surface area contributed by atoms with Crippen molar-refractivity contribution in [2.24, 2.45) is 5.73 Å². The van der Waals surface area contributed by atoms with E-state index in [2.05, 4.69) is 12.1 Å². The zero-order valence-corrected chi connectivity index (χ0v) is 11.5. The molecule has 1 aliphatic carbocycles. The quantitative estimate of drug-likeness (QED) is 0.854. The van der Waals surface area contributed by atoms with Crippen LogP contribution in [0.5, 0.6) is 0 Å². The van der Waals surface area contributed by atoms with E-state index >= 15 is 0 Å². The van der Waals surface area contributed by atoms with Gasteiger partial charge in [0.1, 0.15) is 0 Å². The minimum absolute atomic E-state index is 0.270. The number of nitrogens with two attached hydrogens (primary N) is 1. The maximum absolute atomic E-state index is 13.2. The lowest BCUT2D eigenvalue weighted by Gasteiger charge is -2.14. The molecule has 0 amide bonds. The molecule has 2 aromatic carbocycles. The topological polar surface area (TPSA) is 26.0 Å². The molecule has 0 fully saturated rings. The van der Waals surface area contributed by atoms with Gasteiger partial charge in [-0.2, -0.15) is 0 Å². The molecule has 0 spiro atoms. The summed E-state index contributed by atoms with van der Waals surface area (Å²) in [6.45, 7) is 0. The predicted octanol–water partition coefficient (Wildman–Crippen LogP) is 3.84. The molecule has 3 rings (SSSR count). The molecule has 2 aromatic rings. The molecule has 4 heteroatoms. The van der Waals surface area contributed by atoms with Crippen LogP contribution in [0.1, 0.15) is 34.7 Å². The maximum atomic E-state index is 13.2. The standard InChI is InChI=1S/C17H16F3N/c18-14-8-13(9-15(19)17(14)20)16(21)7-10-4-5-11-2-1-3-12(11)6-10/h4-6,8-9,16H,1-3,7,21H2. The van der Waals surface area contributed by atoms with E-state index < -0.39 is 23.5 Å². The molecule has 0 aliphatic heterocycles. The Morgan fingerprint density at radius 3 is 2.33 bits per heavy atom. The van der Waals surface area contributed by atoms with Crippen LogP contribution in [0, 0.1) is 17.5 Å². The van der Waals surface area contributed by atoms with Gasteiger partial charge in [0.15, 0.2) is 17.5 Å². The molecule has 1 nitrogen and oxygen atoms in total. The highest BCUT2D eigenvalue weighted by Gasteiger charge is 2.16. The van der Waals surface area contributed by atoms with Crippen molar-refractivity contribution in [2.75, 3.05) is 0 Å². The fraction of sp³-hybridized carbons (Fsp3) is 0.294. The van der Waals surface area contributed by atoms with Crippen molar-refractivity contribution in [1.82, 2.24) is 0 Å². The van der Waals surface area contributed by atoms with Crippen LogP contribution in [0.3, 0.4) is 0 Å². The SMILES string of the molecule is NC(Cc1ccc2c(c1)CCC2)c1cc(F)c(F)c(F)c1. The van der Waals surface area contributed by atoms with Crippen LogP contribution in [-0.2, 0) is 19.3 Å². The summed E-state index contributed by atoms with van der Waals surface area (Å²) in [5, 5.41) is 0. The first-order valence-electron chi connectivity index (χ1n) is 7.05. The molecule has 0 heterocycles. The monoisotopic (exact) mass is 291 g/mol. The van der Waals surface area contributed by atoms with Crippen LogP contribution >= 0.6 is 0 Å². The summed E-state index contributed by atoms with van der Waals surface area (Å²) in [7, 11) is 0. The van der Waals surface area contributed by atoms with Gasteiger partial charge in [-0.1, -0.05) is 18.2 Å². The van der Waals surface area contributed by atoms with Gasteiger partial charge in [-0.05, 0) is 60.1 Å². The van der Waals surface area contributed by atoms with Crippen molar-refractivity contribution < 1.29 is 13.2 Å². The first kappa shape index (κ1) is 14.1. The summed E-state index contributed by atoms with van der Waals surface area (Å²) in [5.41, 5.74) is 10.0. The van der Waals surface area contributed by atoms with Crippen LogP contribution in [0.4, 0.5) is 13.2 Å². The predicted molar refractivity (Wildman–Crippen MR) is 75.4 cm³/mol. The van der Waals surface area contributed by atoms with Gasteiger partial charge in [0.2, 0.25) is 0 Å². The fourth-order valence-electron chi connectivity index (χ4n) is 2.91. The second kappa shape index (κ2) is 5.53. The normalized spacial score (nSPS) is 15.0. The molecule has 0 bridgehead atoms. The number of hydrogen-bond donors (Lipinski definition) is 1. The molecule has 0 saturated heterocycles. The van der Waals surface area contributed by atoms with Crippen LogP contribution in [-0.4, -0.2) is 0 Å². The highest BCUT2D eigenvalue weighted by molar-refractivity contribution is 5.36. The first-order valence-corrected chi connectivity index (χ1v) is 7.05.